The molecule has 4 N–H and O–H groups in total. The van der Waals surface area contributed by atoms with Crippen LogP contribution < -0.4 is 0 Å². The number of Topliss-reactive ketones (excluding diaryl/α,β-unsaturated/α-hetero) is 1. The number of ether oxygens (including phenoxy) is 5. The second-order valence-electron chi connectivity index (χ2n) is 17.1. The van der Waals surface area contributed by atoms with Crippen molar-refractivity contribution in [2.45, 2.75) is 159 Å². The summed E-state index contributed by atoms with van der Waals surface area (Å²) in [6, 6.07) is -1.17. The van der Waals surface area contributed by atoms with Crippen LogP contribution in [0.2, 0.25) is 0 Å². The van der Waals surface area contributed by atoms with E-state index in [1.54, 1.807) is 40.2 Å². The molecular weight excluding hydrogens is 734 g/mol. The van der Waals surface area contributed by atoms with E-state index in [1.807, 2.05) is 32.9 Å². The number of cyclic esters (lactones) is 1. The van der Waals surface area contributed by atoms with E-state index in [4.69, 9.17) is 23.7 Å². The Hall–Kier alpha value is -2.75. The van der Waals surface area contributed by atoms with Crippen LogP contribution in [0.25, 0.3) is 0 Å². The van der Waals surface area contributed by atoms with Crippen LogP contribution in [0.5, 0.6) is 0 Å². The minimum absolute atomic E-state index is 0.0102. The first-order valence-corrected chi connectivity index (χ1v) is 20.7. The number of hydrogen-bond donors (Lipinski definition) is 4. The van der Waals surface area contributed by atoms with Crippen LogP contribution in [-0.2, 0) is 38.1 Å². The number of aliphatic hydroxyl groups is 4. The van der Waals surface area contributed by atoms with E-state index in [2.05, 4.69) is 6.58 Å². The lowest BCUT2D eigenvalue weighted by Crippen LogP contribution is -2.65. The summed E-state index contributed by atoms with van der Waals surface area (Å²) in [7, 11) is 4.64. The second kappa shape index (κ2) is 21.0. The van der Waals surface area contributed by atoms with Crippen molar-refractivity contribution in [3.8, 4) is 0 Å². The predicted octanol–water partition coefficient (Wildman–Crippen LogP) is 4.55. The molecule has 3 heterocycles. The van der Waals surface area contributed by atoms with Gasteiger partial charge < -0.3 is 49.0 Å². The van der Waals surface area contributed by atoms with Crippen molar-refractivity contribution in [2.24, 2.45) is 29.6 Å². The number of nitrogens with zero attached hydrogens (tertiary/aromatic N) is 1. The minimum Gasteiger partial charge on any atom is -0.456 e. The second-order valence-corrected chi connectivity index (χ2v) is 17.1. The predicted molar refractivity (Wildman–Crippen MR) is 213 cm³/mol. The zero-order chi connectivity index (χ0) is 42.2. The van der Waals surface area contributed by atoms with Crippen molar-refractivity contribution in [1.29, 1.82) is 0 Å². The Morgan fingerprint density at radius 3 is 2.26 bits per heavy atom. The molecule has 0 aromatic heterocycles. The minimum atomic E-state index is -2.35. The van der Waals surface area contributed by atoms with Gasteiger partial charge in [0.05, 0.1) is 30.5 Å². The topological polar surface area (TPSA) is 182 Å². The van der Waals surface area contributed by atoms with Crippen molar-refractivity contribution in [2.75, 3.05) is 21.3 Å². The molecule has 2 bridgehead atoms. The van der Waals surface area contributed by atoms with Crippen LogP contribution in [0.4, 0.5) is 0 Å². The molecule has 3 aliphatic heterocycles. The molecule has 2 fully saturated rings. The van der Waals surface area contributed by atoms with E-state index in [-0.39, 0.29) is 43.0 Å². The van der Waals surface area contributed by atoms with Crippen LogP contribution in [0.3, 0.4) is 0 Å². The van der Waals surface area contributed by atoms with E-state index < -0.39 is 84.2 Å². The molecule has 4 rings (SSSR count). The van der Waals surface area contributed by atoms with Gasteiger partial charge in [0.15, 0.2) is 6.10 Å². The van der Waals surface area contributed by atoms with Crippen molar-refractivity contribution < 1.29 is 58.5 Å². The standard InChI is InChI=1S/C44H69NO12/c1-10-13-31-19-25(2)18-26(3)20-37(54-8)40-38(55-9)22-28(5)44(52,57-40)41(49)42(50)45-17-12-11-14-32(45)43(51)56-39(29(6)34(47)24-35(31)48)27(4)21-30-15-16-33(46)36(23-30)53-7/h10,12,17,19,21,26,28-34,36-41,46-47,49,52H,1,11,13-16,18,20,22-24H2,2-9H3/b25-19+,27-21+/t26-,28+,29+,30-,31+,32-,33+,34-,36+,37-,38-,39+,40+,41?,44+/m0/s1. The van der Waals surface area contributed by atoms with Gasteiger partial charge in [0, 0.05) is 51.7 Å². The third-order valence-corrected chi connectivity index (χ3v) is 12.7. The summed E-state index contributed by atoms with van der Waals surface area (Å²) in [5, 5.41) is 46.0. The number of aliphatic hydroxyl groups excluding tert-OH is 3. The van der Waals surface area contributed by atoms with Gasteiger partial charge >= 0.3 is 5.97 Å². The summed E-state index contributed by atoms with van der Waals surface area (Å²) >= 11 is 0. The molecule has 1 amide bonds. The van der Waals surface area contributed by atoms with Gasteiger partial charge in [0.25, 0.3) is 5.91 Å². The maximum absolute atomic E-state index is 14.3. The zero-order valence-electron chi connectivity index (χ0n) is 35.2. The number of carbonyl (C=O) groups excluding carboxylic acids is 3. The van der Waals surface area contributed by atoms with Crippen LogP contribution >= 0.6 is 0 Å². The van der Waals surface area contributed by atoms with Crippen LogP contribution in [-0.4, -0.2) is 125 Å². The summed E-state index contributed by atoms with van der Waals surface area (Å²) < 4.78 is 29.9. The third-order valence-electron chi connectivity index (χ3n) is 12.7. The molecule has 13 nitrogen and oxygen atoms in total. The van der Waals surface area contributed by atoms with Crippen LogP contribution in [0, 0.1) is 29.6 Å². The SMILES string of the molecule is C=CC[C@@H]1/C=C(\C)C[C@H](C)C[C@H](OC)[C@H]2O[C@@](O)(C(O)C(=O)N3C=CCC[C@H]3C(=O)O[C@H](/C(C)=C/[C@@H]3CC[C@@H](O)[C@H](OC)C3)[C@H](C)[C@@H](O)CC1=O)[C@H](C)C[C@@H]2OC. The molecular formula is C44H69NO12. The monoisotopic (exact) mass is 803 g/mol. The lowest BCUT2D eigenvalue weighted by Gasteiger charge is -2.49. The fourth-order valence-corrected chi connectivity index (χ4v) is 9.26. The third kappa shape index (κ3) is 11.3. The highest BCUT2D eigenvalue weighted by molar-refractivity contribution is 5.89. The normalized spacial score (nSPS) is 42.0. The Labute approximate surface area is 339 Å². The number of allylic oxidation sites excluding steroid dienone is 5. The Morgan fingerprint density at radius 2 is 1.61 bits per heavy atom. The smallest absolute Gasteiger partial charge is 0.329 e. The summed E-state index contributed by atoms with van der Waals surface area (Å²) in [6.07, 6.45) is 5.43. The van der Waals surface area contributed by atoms with Gasteiger partial charge in [-0.25, -0.2) is 4.79 Å². The summed E-state index contributed by atoms with van der Waals surface area (Å²) in [6.45, 7) is 13.1. The molecule has 0 radical (unpaired) electrons. The van der Waals surface area contributed by atoms with E-state index in [1.165, 1.54) is 13.3 Å². The number of methoxy groups -OCH3 is 3. The first kappa shape index (κ1) is 46.9. The van der Waals surface area contributed by atoms with Crippen LogP contribution in [0.15, 0.2) is 48.2 Å². The largest absolute Gasteiger partial charge is 0.456 e. The van der Waals surface area contributed by atoms with Crippen LogP contribution in [0.1, 0.15) is 98.8 Å². The molecule has 1 saturated carbocycles. The Morgan fingerprint density at radius 1 is 0.947 bits per heavy atom. The summed E-state index contributed by atoms with van der Waals surface area (Å²) in [5.74, 6) is -6.24. The van der Waals surface area contributed by atoms with Gasteiger partial charge in [-0.3, -0.25) is 9.59 Å². The number of ketones is 1. The van der Waals surface area contributed by atoms with Crippen molar-refractivity contribution in [1.82, 2.24) is 4.90 Å². The Kier molecular flexibility index (Phi) is 17.3. The number of esters is 1. The molecule has 4 aliphatic rings. The summed E-state index contributed by atoms with van der Waals surface area (Å²) in [4.78, 5) is 43.6. The highest BCUT2D eigenvalue weighted by Gasteiger charge is 2.56. The first-order valence-electron chi connectivity index (χ1n) is 20.7. The highest BCUT2D eigenvalue weighted by Crippen LogP contribution is 2.40. The molecule has 322 valence electrons. The fraction of sp³-hybridized carbons (Fsp3) is 0.750. The van der Waals surface area contributed by atoms with Crippen molar-refractivity contribution >= 4 is 17.7 Å². The molecule has 0 spiro atoms. The number of fused-ring (bicyclic) bond motifs is 3. The van der Waals surface area contributed by atoms with Gasteiger partial charge in [0.2, 0.25) is 5.79 Å². The number of carbonyl (C=O) groups is 3. The fourth-order valence-electron chi connectivity index (χ4n) is 9.26. The van der Waals surface area contributed by atoms with Crippen molar-refractivity contribution in [3.63, 3.8) is 0 Å². The average Bonchev–Trinajstić information content (AvgIpc) is 3.18. The molecule has 1 saturated heterocycles. The van der Waals surface area contributed by atoms with E-state index in [0.29, 0.717) is 50.5 Å². The Balaban J connectivity index is 1.78. The summed E-state index contributed by atoms with van der Waals surface area (Å²) in [5.41, 5.74) is 1.62. The maximum atomic E-state index is 14.3. The molecule has 1 unspecified atom stereocenters. The zero-order valence-corrected chi connectivity index (χ0v) is 35.2. The van der Waals surface area contributed by atoms with Gasteiger partial charge in [0.1, 0.15) is 24.0 Å². The molecule has 13 heteroatoms. The lowest BCUT2D eigenvalue weighted by atomic mass is 9.81. The first-order chi connectivity index (χ1) is 27.0. The molecule has 57 heavy (non-hydrogen) atoms. The van der Waals surface area contributed by atoms with Crippen molar-refractivity contribution in [3.05, 3.63) is 48.2 Å². The average molecular weight is 804 g/mol. The number of rotatable bonds is 7. The molecule has 0 aromatic carbocycles. The van der Waals surface area contributed by atoms with Gasteiger partial charge in [-0.1, -0.05) is 50.6 Å². The quantitative estimate of drug-likeness (QED) is 0.209. The van der Waals surface area contributed by atoms with E-state index in [0.717, 1.165) is 10.5 Å². The van der Waals surface area contributed by atoms with Gasteiger partial charge in [-0.15, -0.1) is 6.58 Å². The Bertz CT molecular complexity index is 1480. The van der Waals surface area contributed by atoms with E-state index >= 15 is 0 Å². The molecule has 15 atom stereocenters. The van der Waals surface area contributed by atoms with E-state index in [9.17, 15) is 34.8 Å². The number of amides is 1. The number of hydrogen-bond acceptors (Lipinski definition) is 12. The molecule has 0 aromatic rings. The maximum Gasteiger partial charge on any atom is 0.329 e. The van der Waals surface area contributed by atoms with Gasteiger partial charge in [-0.05, 0) is 89.0 Å². The highest BCUT2D eigenvalue weighted by atomic mass is 16.7. The lowest BCUT2D eigenvalue weighted by molar-refractivity contribution is -0.346. The van der Waals surface area contributed by atoms with Gasteiger partial charge in [-0.2, -0.15) is 0 Å². The molecule has 1 aliphatic carbocycles.